The fraction of sp³-hybridized carbons (Fsp3) is 0.455. The Bertz CT molecular complexity index is 326. The molecule has 84 valence electrons. The third-order valence-electron chi connectivity index (χ3n) is 2.19. The van der Waals surface area contributed by atoms with E-state index in [-0.39, 0.29) is 6.61 Å². The Hall–Kier alpha value is -0.740. The lowest BCUT2D eigenvalue weighted by atomic mass is 10.1. The molecule has 0 aliphatic rings. The number of benzene rings is 1. The molecule has 0 amide bonds. The van der Waals surface area contributed by atoms with Crippen LogP contribution in [0, 0.1) is 0 Å². The first kappa shape index (κ1) is 12.3. The minimum atomic E-state index is 0.173. The third-order valence-corrected chi connectivity index (χ3v) is 3.06. The van der Waals surface area contributed by atoms with E-state index in [1.807, 2.05) is 12.1 Å². The van der Waals surface area contributed by atoms with E-state index in [4.69, 9.17) is 14.6 Å². The fourth-order valence-electron chi connectivity index (χ4n) is 1.42. The van der Waals surface area contributed by atoms with E-state index >= 15 is 0 Å². The zero-order valence-electron chi connectivity index (χ0n) is 8.92. The van der Waals surface area contributed by atoms with E-state index in [1.165, 1.54) is 0 Å². The third kappa shape index (κ3) is 2.86. The summed E-state index contributed by atoms with van der Waals surface area (Å²) in [6, 6.07) is 3.72. The first-order valence-corrected chi connectivity index (χ1v) is 5.54. The van der Waals surface area contributed by atoms with Gasteiger partial charge in [0.2, 0.25) is 0 Å². The summed E-state index contributed by atoms with van der Waals surface area (Å²) in [6.07, 6.45) is 1.47. The summed E-state index contributed by atoms with van der Waals surface area (Å²) >= 11 is 3.48. The zero-order valence-corrected chi connectivity index (χ0v) is 10.5. The highest BCUT2D eigenvalue weighted by atomic mass is 79.9. The highest BCUT2D eigenvalue weighted by Gasteiger charge is 2.11. The van der Waals surface area contributed by atoms with Gasteiger partial charge in [0.25, 0.3) is 0 Å². The maximum Gasteiger partial charge on any atom is 0.133 e. The van der Waals surface area contributed by atoms with Crippen LogP contribution < -0.4 is 9.47 Å². The summed E-state index contributed by atoms with van der Waals surface area (Å²) in [4.78, 5) is 0. The molecule has 4 heteroatoms. The van der Waals surface area contributed by atoms with Gasteiger partial charge in [-0.1, -0.05) is 0 Å². The first-order valence-electron chi connectivity index (χ1n) is 4.74. The summed E-state index contributed by atoms with van der Waals surface area (Å²) < 4.78 is 11.4. The van der Waals surface area contributed by atoms with Crippen molar-refractivity contribution in [2.24, 2.45) is 0 Å². The van der Waals surface area contributed by atoms with Crippen LogP contribution in [0.4, 0.5) is 0 Å². The first-order chi connectivity index (χ1) is 7.24. The molecule has 0 fully saturated rings. The van der Waals surface area contributed by atoms with Crippen LogP contribution >= 0.6 is 15.9 Å². The molecule has 1 rings (SSSR count). The van der Waals surface area contributed by atoms with Crippen molar-refractivity contribution in [1.29, 1.82) is 0 Å². The monoisotopic (exact) mass is 274 g/mol. The van der Waals surface area contributed by atoms with E-state index in [0.717, 1.165) is 28.0 Å². The number of halogens is 1. The van der Waals surface area contributed by atoms with Gasteiger partial charge in [-0.2, -0.15) is 0 Å². The Morgan fingerprint density at radius 3 is 2.33 bits per heavy atom. The second kappa shape index (κ2) is 5.98. The van der Waals surface area contributed by atoms with Crippen LogP contribution in [0.2, 0.25) is 0 Å². The van der Waals surface area contributed by atoms with Crippen LogP contribution in [0.5, 0.6) is 11.5 Å². The average molecular weight is 275 g/mol. The summed E-state index contributed by atoms with van der Waals surface area (Å²) in [5.74, 6) is 1.60. The molecule has 0 saturated heterocycles. The molecule has 0 aliphatic carbocycles. The molecule has 0 spiro atoms. The van der Waals surface area contributed by atoms with Gasteiger partial charge in [-0.05, 0) is 40.9 Å². The van der Waals surface area contributed by atoms with Gasteiger partial charge in [-0.3, -0.25) is 0 Å². The Morgan fingerprint density at radius 1 is 1.20 bits per heavy atom. The van der Waals surface area contributed by atoms with E-state index < -0.39 is 0 Å². The van der Waals surface area contributed by atoms with E-state index in [9.17, 15) is 0 Å². The summed E-state index contributed by atoms with van der Waals surface area (Å²) in [5, 5.41) is 8.82. The molecule has 0 unspecified atom stereocenters. The number of methoxy groups -OCH3 is 2. The van der Waals surface area contributed by atoms with E-state index in [0.29, 0.717) is 6.42 Å². The normalized spacial score (nSPS) is 10.1. The predicted octanol–water partition coefficient (Wildman–Crippen LogP) is 2.39. The number of ether oxygens (including phenoxy) is 2. The lowest BCUT2D eigenvalue weighted by Gasteiger charge is -2.13. The topological polar surface area (TPSA) is 38.7 Å². The molecule has 0 heterocycles. The van der Waals surface area contributed by atoms with Crippen LogP contribution in [0.3, 0.4) is 0 Å². The van der Waals surface area contributed by atoms with Crippen LogP contribution in [0.25, 0.3) is 0 Å². The van der Waals surface area contributed by atoms with E-state index in [1.54, 1.807) is 14.2 Å². The van der Waals surface area contributed by atoms with Gasteiger partial charge in [0, 0.05) is 12.2 Å². The quantitative estimate of drug-likeness (QED) is 0.896. The molecule has 0 radical (unpaired) electrons. The minimum absolute atomic E-state index is 0.173. The van der Waals surface area contributed by atoms with Gasteiger partial charge in [0.1, 0.15) is 11.5 Å². The summed E-state index contributed by atoms with van der Waals surface area (Å²) in [6.45, 7) is 0.173. The number of aliphatic hydroxyl groups excluding tert-OH is 1. The van der Waals surface area contributed by atoms with Crippen molar-refractivity contribution in [3.63, 3.8) is 0 Å². The summed E-state index contributed by atoms with van der Waals surface area (Å²) in [5.41, 5.74) is 1.03. The average Bonchev–Trinajstić information content (AvgIpc) is 2.27. The lowest BCUT2D eigenvalue weighted by Crippen LogP contribution is -1.97. The molecular weight excluding hydrogens is 260 g/mol. The summed E-state index contributed by atoms with van der Waals surface area (Å²) in [7, 11) is 3.26. The molecule has 3 nitrogen and oxygen atoms in total. The second-order valence-electron chi connectivity index (χ2n) is 3.09. The molecule has 0 aromatic heterocycles. The predicted molar refractivity (Wildman–Crippen MR) is 62.7 cm³/mol. The lowest BCUT2D eigenvalue weighted by molar-refractivity contribution is 0.287. The molecule has 0 bridgehead atoms. The molecule has 1 aromatic rings. The van der Waals surface area contributed by atoms with Crippen molar-refractivity contribution in [2.45, 2.75) is 12.8 Å². The Morgan fingerprint density at radius 2 is 1.80 bits per heavy atom. The van der Waals surface area contributed by atoms with Gasteiger partial charge >= 0.3 is 0 Å². The van der Waals surface area contributed by atoms with Crippen LogP contribution in [0.1, 0.15) is 12.0 Å². The minimum Gasteiger partial charge on any atom is -0.496 e. The number of rotatable bonds is 5. The maximum absolute atomic E-state index is 8.82. The van der Waals surface area contributed by atoms with Gasteiger partial charge in [0.15, 0.2) is 0 Å². The molecule has 0 atom stereocenters. The second-order valence-corrected chi connectivity index (χ2v) is 3.88. The van der Waals surface area contributed by atoms with Crippen molar-refractivity contribution < 1.29 is 14.6 Å². The standard InChI is InChI=1S/C11H15BrO3/c1-14-9-5-6-10(15-2)11(12)8(9)4-3-7-13/h5-6,13H,3-4,7H2,1-2H3. The van der Waals surface area contributed by atoms with Gasteiger partial charge in [0.05, 0.1) is 18.7 Å². The van der Waals surface area contributed by atoms with Crippen LogP contribution in [0.15, 0.2) is 16.6 Å². The smallest absolute Gasteiger partial charge is 0.133 e. The molecule has 0 saturated carbocycles. The number of aliphatic hydroxyl groups is 1. The maximum atomic E-state index is 8.82. The highest BCUT2D eigenvalue weighted by Crippen LogP contribution is 2.35. The van der Waals surface area contributed by atoms with Gasteiger partial charge in [-0.15, -0.1) is 0 Å². The van der Waals surface area contributed by atoms with Crippen LogP contribution in [-0.2, 0) is 6.42 Å². The van der Waals surface area contributed by atoms with Crippen molar-refractivity contribution in [2.75, 3.05) is 20.8 Å². The van der Waals surface area contributed by atoms with Gasteiger partial charge in [-0.25, -0.2) is 0 Å². The zero-order chi connectivity index (χ0) is 11.3. The molecule has 15 heavy (non-hydrogen) atoms. The molecule has 1 aromatic carbocycles. The van der Waals surface area contributed by atoms with Crippen LogP contribution in [-0.4, -0.2) is 25.9 Å². The van der Waals surface area contributed by atoms with Crippen molar-refractivity contribution >= 4 is 15.9 Å². The fourth-order valence-corrected chi connectivity index (χ4v) is 2.11. The Balaban J connectivity index is 3.05. The Labute approximate surface area is 98.1 Å². The molecular formula is C11H15BrO3. The van der Waals surface area contributed by atoms with Crippen molar-refractivity contribution in [1.82, 2.24) is 0 Å². The molecule has 1 N–H and O–H groups in total. The van der Waals surface area contributed by atoms with Crippen molar-refractivity contribution in [3.05, 3.63) is 22.2 Å². The SMILES string of the molecule is COc1ccc(OC)c(CCCO)c1Br. The van der Waals surface area contributed by atoms with Gasteiger partial charge < -0.3 is 14.6 Å². The Kier molecular flexibility index (Phi) is 4.91. The van der Waals surface area contributed by atoms with Crippen molar-refractivity contribution in [3.8, 4) is 11.5 Å². The number of hydrogen-bond donors (Lipinski definition) is 1. The number of hydrogen-bond acceptors (Lipinski definition) is 3. The van der Waals surface area contributed by atoms with E-state index in [2.05, 4.69) is 15.9 Å². The largest absolute Gasteiger partial charge is 0.496 e. The molecule has 0 aliphatic heterocycles. The highest BCUT2D eigenvalue weighted by molar-refractivity contribution is 9.10.